The number of esters is 1. The topological polar surface area (TPSA) is 95.9 Å². The number of ether oxygens (including phenoxy) is 1. The maximum absolute atomic E-state index is 12.4. The molecule has 1 amide bonds. The lowest BCUT2D eigenvalue weighted by molar-refractivity contribution is -0.143. The summed E-state index contributed by atoms with van der Waals surface area (Å²) in [4.78, 5) is 24.5. The fourth-order valence-corrected chi connectivity index (χ4v) is 8.22. The fourth-order valence-electron chi connectivity index (χ4n) is 8.22. The average molecular weight is 834 g/mol. The zero-order valence-corrected chi connectivity index (χ0v) is 39.7. The number of aliphatic hydroxyl groups excluding tert-OH is 2. The van der Waals surface area contributed by atoms with E-state index in [1.54, 1.807) is 0 Å². The second-order valence-corrected chi connectivity index (χ2v) is 18.2. The molecule has 0 saturated carbocycles. The molecule has 0 aliphatic carbocycles. The van der Waals surface area contributed by atoms with Crippen LogP contribution in [0.5, 0.6) is 0 Å². The quantitative estimate of drug-likeness (QED) is 0.0322. The summed E-state index contributed by atoms with van der Waals surface area (Å²) in [5, 5.41) is 23.2. The monoisotopic (exact) mass is 834 g/mol. The molecule has 3 N–H and O–H groups in total. The van der Waals surface area contributed by atoms with Gasteiger partial charge in [0.2, 0.25) is 5.91 Å². The Labute approximate surface area is 368 Å². The highest BCUT2D eigenvalue weighted by Crippen LogP contribution is 2.16. The smallest absolute Gasteiger partial charge is 0.305 e. The van der Waals surface area contributed by atoms with Gasteiger partial charge in [0.25, 0.3) is 0 Å². The molecule has 0 aliphatic rings. The van der Waals surface area contributed by atoms with Crippen LogP contribution in [-0.4, -0.2) is 47.4 Å². The van der Waals surface area contributed by atoms with Crippen LogP contribution >= 0.6 is 0 Å². The Morgan fingerprint density at radius 3 is 1.20 bits per heavy atom. The van der Waals surface area contributed by atoms with Crippen molar-refractivity contribution in [1.29, 1.82) is 0 Å². The third kappa shape index (κ3) is 45.9. The van der Waals surface area contributed by atoms with Crippen molar-refractivity contribution in [3.8, 4) is 0 Å². The lowest BCUT2D eigenvalue weighted by Gasteiger charge is -2.22. The maximum Gasteiger partial charge on any atom is 0.305 e. The van der Waals surface area contributed by atoms with Crippen molar-refractivity contribution >= 4 is 11.9 Å². The van der Waals surface area contributed by atoms with Crippen molar-refractivity contribution in [2.45, 2.75) is 302 Å². The van der Waals surface area contributed by atoms with Gasteiger partial charge >= 0.3 is 5.97 Å². The van der Waals surface area contributed by atoms with Gasteiger partial charge in [-0.05, 0) is 51.4 Å². The van der Waals surface area contributed by atoms with Crippen molar-refractivity contribution in [1.82, 2.24) is 5.32 Å². The molecule has 0 fully saturated rings. The van der Waals surface area contributed by atoms with E-state index in [1.165, 1.54) is 205 Å². The van der Waals surface area contributed by atoms with Gasteiger partial charge in [-0.3, -0.25) is 9.59 Å². The minimum absolute atomic E-state index is 0.00857. The van der Waals surface area contributed by atoms with E-state index in [1.807, 2.05) is 0 Å². The first-order valence-electron chi connectivity index (χ1n) is 26.4. The average Bonchev–Trinajstić information content (AvgIpc) is 3.24. The molecule has 0 heterocycles. The predicted octanol–water partition coefficient (Wildman–Crippen LogP) is 15.7. The fraction of sp³-hybridized carbons (Fsp3) is 0.925. The zero-order chi connectivity index (χ0) is 43.0. The maximum atomic E-state index is 12.4. The van der Waals surface area contributed by atoms with E-state index in [2.05, 4.69) is 31.3 Å². The van der Waals surface area contributed by atoms with Gasteiger partial charge < -0.3 is 20.3 Å². The highest BCUT2D eigenvalue weighted by atomic mass is 16.5. The summed E-state index contributed by atoms with van der Waals surface area (Å²) >= 11 is 0. The first-order chi connectivity index (χ1) is 29.0. The number of unbranched alkanes of at least 4 members (excludes halogenated alkanes) is 36. The van der Waals surface area contributed by atoms with Crippen molar-refractivity contribution in [2.75, 3.05) is 13.2 Å². The highest BCUT2D eigenvalue weighted by molar-refractivity contribution is 5.76. The molecule has 0 saturated heterocycles. The molecule has 0 spiro atoms. The highest BCUT2D eigenvalue weighted by Gasteiger charge is 2.20. The van der Waals surface area contributed by atoms with E-state index >= 15 is 0 Å². The van der Waals surface area contributed by atoms with E-state index in [0.29, 0.717) is 25.9 Å². The summed E-state index contributed by atoms with van der Waals surface area (Å²) in [6.07, 6.45) is 56.1. The Morgan fingerprint density at radius 2 is 0.797 bits per heavy atom. The Bertz CT molecular complexity index is 878. The standard InChI is InChI=1S/C53H103NO5/c1-3-5-7-9-11-13-15-17-18-19-20-23-27-31-35-39-43-47-53(58)59-48-44-40-36-32-28-24-21-22-26-30-34-38-42-46-52(57)54-50(49-55)51(56)45-41-37-33-29-25-16-14-12-10-8-6-4-2/h17-18,50-51,55-56H,3-16,19-49H2,1-2H3,(H,54,57)/b18-17-. The number of hydrogen-bond donors (Lipinski definition) is 3. The van der Waals surface area contributed by atoms with Crippen LogP contribution in [0.3, 0.4) is 0 Å². The third-order valence-electron chi connectivity index (χ3n) is 12.3. The molecular weight excluding hydrogens is 731 g/mol. The Kier molecular flexibility index (Phi) is 48.1. The van der Waals surface area contributed by atoms with Gasteiger partial charge in [-0.2, -0.15) is 0 Å². The van der Waals surface area contributed by atoms with Crippen molar-refractivity contribution < 1.29 is 24.5 Å². The second kappa shape index (κ2) is 49.3. The molecule has 0 radical (unpaired) electrons. The largest absolute Gasteiger partial charge is 0.466 e. The summed E-state index contributed by atoms with van der Waals surface area (Å²) in [7, 11) is 0. The number of allylic oxidation sites excluding steroid dienone is 2. The Morgan fingerprint density at radius 1 is 0.458 bits per heavy atom. The van der Waals surface area contributed by atoms with Crippen LogP contribution in [0.1, 0.15) is 290 Å². The number of carbonyl (C=O) groups excluding carboxylic acids is 2. The summed E-state index contributed by atoms with van der Waals surface area (Å²) in [6.45, 7) is 4.92. The van der Waals surface area contributed by atoms with Crippen LogP contribution in [0, 0.1) is 0 Å². The molecule has 0 aliphatic heterocycles. The predicted molar refractivity (Wildman–Crippen MR) is 255 cm³/mol. The normalized spacial score (nSPS) is 12.7. The summed E-state index contributed by atoms with van der Waals surface area (Å²) < 4.78 is 5.47. The molecule has 0 aromatic heterocycles. The molecule has 0 aromatic carbocycles. The summed E-state index contributed by atoms with van der Waals surface area (Å²) in [5.74, 6) is -0.0564. The van der Waals surface area contributed by atoms with Crippen LogP contribution in [-0.2, 0) is 14.3 Å². The van der Waals surface area contributed by atoms with E-state index in [9.17, 15) is 19.8 Å². The van der Waals surface area contributed by atoms with E-state index in [0.717, 1.165) is 51.4 Å². The number of hydrogen-bond acceptors (Lipinski definition) is 5. The molecule has 6 heteroatoms. The molecule has 6 nitrogen and oxygen atoms in total. The Hall–Kier alpha value is -1.40. The van der Waals surface area contributed by atoms with Gasteiger partial charge in [0, 0.05) is 12.8 Å². The Balaban J connectivity index is 3.42. The zero-order valence-electron chi connectivity index (χ0n) is 39.7. The number of carbonyl (C=O) groups is 2. The van der Waals surface area contributed by atoms with Crippen LogP contribution in [0.2, 0.25) is 0 Å². The van der Waals surface area contributed by atoms with Crippen LogP contribution in [0.15, 0.2) is 12.2 Å². The van der Waals surface area contributed by atoms with Crippen molar-refractivity contribution in [3.63, 3.8) is 0 Å². The lowest BCUT2D eigenvalue weighted by Crippen LogP contribution is -2.45. The van der Waals surface area contributed by atoms with Gasteiger partial charge in [-0.15, -0.1) is 0 Å². The van der Waals surface area contributed by atoms with Crippen LogP contribution in [0.25, 0.3) is 0 Å². The number of rotatable bonds is 49. The minimum atomic E-state index is -0.671. The third-order valence-corrected chi connectivity index (χ3v) is 12.3. The molecule has 59 heavy (non-hydrogen) atoms. The van der Waals surface area contributed by atoms with E-state index < -0.39 is 12.1 Å². The summed E-state index contributed by atoms with van der Waals surface area (Å²) in [5.41, 5.74) is 0. The van der Waals surface area contributed by atoms with Crippen LogP contribution in [0.4, 0.5) is 0 Å². The van der Waals surface area contributed by atoms with E-state index in [4.69, 9.17) is 4.74 Å². The first kappa shape index (κ1) is 57.6. The van der Waals surface area contributed by atoms with Crippen LogP contribution < -0.4 is 5.32 Å². The van der Waals surface area contributed by atoms with Gasteiger partial charge in [0.15, 0.2) is 0 Å². The number of amides is 1. The van der Waals surface area contributed by atoms with Gasteiger partial charge in [-0.1, -0.05) is 238 Å². The van der Waals surface area contributed by atoms with Gasteiger partial charge in [-0.25, -0.2) is 0 Å². The van der Waals surface area contributed by atoms with Gasteiger partial charge in [0.05, 0.1) is 25.4 Å². The van der Waals surface area contributed by atoms with Gasteiger partial charge in [0.1, 0.15) is 0 Å². The number of nitrogens with one attached hydrogen (secondary N) is 1. The second-order valence-electron chi connectivity index (χ2n) is 18.2. The summed E-state index contributed by atoms with van der Waals surface area (Å²) in [6, 6.07) is -0.549. The van der Waals surface area contributed by atoms with E-state index in [-0.39, 0.29) is 18.5 Å². The van der Waals surface area contributed by atoms with Crippen molar-refractivity contribution in [3.05, 3.63) is 12.2 Å². The molecular formula is C53H103NO5. The molecule has 0 aromatic rings. The molecule has 2 unspecified atom stereocenters. The molecule has 0 bridgehead atoms. The molecule has 0 rings (SSSR count). The lowest BCUT2D eigenvalue weighted by atomic mass is 10.0. The number of aliphatic hydroxyl groups is 2. The molecule has 2 atom stereocenters. The first-order valence-corrected chi connectivity index (χ1v) is 26.4. The van der Waals surface area contributed by atoms with Crippen molar-refractivity contribution in [2.24, 2.45) is 0 Å². The SMILES string of the molecule is CCCCCCCC/C=C\CCCCCCCCCC(=O)OCCCCCCCCCCCCCCCC(=O)NC(CO)C(O)CCCCCCCCCCCCCC. The minimum Gasteiger partial charge on any atom is -0.466 e. The molecule has 350 valence electrons.